The summed E-state index contributed by atoms with van der Waals surface area (Å²) >= 11 is 1.68. The molecule has 3 N–H and O–H groups in total. The van der Waals surface area contributed by atoms with Gasteiger partial charge in [-0.15, -0.1) is 11.3 Å². The van der Waals surface area contributed by atoms with E-state index in [1.807, 2.05) is 19.1 Å². The van der Waals surface area contributed by atoms with Crippen molar-refractivity contribution in [3.05, 3.63) is 76.1 Å². The number of hydrogen-bond donors (Lipinski definition) is 3. The minimum atomic E-state index is -0.987. The molecule has 1 saturated heterocycles. The Morgan fingerprint density at radius 1 is 1.04 bits per heavy atom. The third-order valence-electron chi connectivity index (χ3n) is 10.4. The highest BCUT2D eigenvalue weighted by Gasteiger charge is 2.45. The van der Waals surface area contributed by atoms with Crippen molar-refractivity contribution in [3.63, 3.8) is 0 Å². The molecule has 0 bridgehead atoms. The summed E-state index contributed by atoms with van der Waals surface area (Å²) in [6.07, 6.45) is 8.70. The molecule has 3 aliphatic rings. The second-order valence-electron chi connectivity index (χ2n) is 14.2. The Morgan fingerprint density at radius 3 is 2.60 bits per heavy atom. The molecule has 0 radical (unpaired) electrons. The van der Waals surface area contributed by atoms with Gasteiger partial charge in [0.05, 0.1) is 44.7 Å². The van der Waals surface area contributed by atoms with E-state index in [1.54, 1.807) is 55.1 Å². The number of thiazole rings is 1. The van der Waals surface area contributed by atoms with Crippen molar-refractivity contribution in [2.75, 3.05) is 44.4 Å². The lowest BCUT2D eigenvalue weighted by atomic mass is 9.82. The Morgan fingerprint density at radius 2 is 1.85 bits per heavy atom. The lowest BCUT2D eigenvalue weighted by molar-refractivity contribution is -0.136. The molecule has 2 fully saturated rings. The van der Waals surface area contributed by atoms with E-state index >= 15 is 0 Å². The molecule has 5 amide bonds. The molecular weight excluding hydrogens is 695 g/mol. The summed E-state index contributed by atoms with van der Waals surface area (Å²) in [6, 6.07) is 9.78. The number of anilines is 2. The quantitative estimate of drug-likeness (QED) is 0.127. The van der Waals surface area contributed by atoms with Crippen LogP contribution in [0.4, 0.5) is 11.4 Å². The standard InChI is InChI=1S/C39H43N7O6S/c1-22-16-25(20-40-19-22)35(48)42-28-18-32-29(17-31(28)52-3)43-37(53-32)24-10-8-23(9-11-24)21-45(2)15-5-14-41-27-7-4-6-26-34(27)39(51)46(38(26)50)30-12-13-33(47)44-36(30)49/h4,6-7,16-20,23-24,30,41H,5,8-15,21H2,1-3H3,(H,42,48)(H,44,47,49)/t23-,24-,30?. The lowest BCUT2D eigenvalue weighted by Gasteiger charge is -2.30. The van der Waals surface area contributed by atoms with Crippen LogP contribution in [0, 0.1) is 12.8 Å². The second kappa shape index (κ2) is 15.4. The molecule has 4 aromatic rings. The van der Waals surface area contributed by atoms with Gasteiger partial charge in [-0.05, 0) is 94.8 Å². The molecule has 276 valence electrons. The fourth-order valence-corrected chi connectivity index (χ4v) is 8.80. The van der Waals surface area contributed by atoms with Crippen molar-refractivity contribution >= 4 is 62.5 Å². The van der Waals surface area contributed by atoms with Crippen LogP contribution in [-0.4, -0.2) is 89.1 Å². The average Bonchev–Trinajstić information content (AvgIpc) is 3.67. The van der Waals surface area contributed by atoms with Gasteiger partial charge in [0.2, 0.25) is 11.8 Å². The first-order valence-corrected chi connectivity index (χ1v) is 18.9. The van der Waals surface area contributed by atoms with Gasteiger partial charge in [0.1, 0.15) is 11.8 Å². The minimum absolute atomic E-state index is 0.0846. The summed E-state index contributed by atoms with van der Waals surface area (Å²) in [5, 5.41) is 9.69. The van der Waals surface area contributed by atoms with Gasteiger partial charge in [-0.25, -0.2) is 4.98 Å². The number of nitrogens with one attached hydrogen (secondary N) is 3. The summed E-state index contributed by atoms with van der Waals surface area (Å²) < 4.78 is 6.62. The predicted octanol–water partition coefficient (Wildman–Crippen LogP) is 5.37. The van der Waals surface area contributed by atoms with Crippen LogP contribution in [0.3, 0.4) is 0 Å². The number of ether oxygens (including phenoxy) is 1. The smallest absolute Gasteiger partial charge is 0.264 e. The van der Waals surface area contributed by atoms with E-state index in [-0.39, 0.29) is 29.9 Å². The van der Waals surface area contributed by atoms with Gasteiger partial charge in [0.25, 0.3) is 17.7 Å². The van der Waals surface area contributed by atoms with E-state index in [1.165, 1.54) is 0 Å². The van der Waals surface area contributed by atoms with Crippen LogP contribution in [0.15, 0.2) is 48.8 Å². The molecule has 0 spiro atoms. The molecule has 2 aromatic carbocycles. The summed E-state index contributed by atoms with van der Waals surface area (Å²) in [6.45, 7) is 4.39. The van der Waals surface area contributed by atoms with E-state index in [9.17, 15) is 24.0 Å². The number of imide groups is 2. The van der Waals surface area contributed by atoms with E-state index < -0.39 is 29.7 Å². The van der Waals surface area contributed by atoms with Crippen LogP contribution in [0.5, 0.6) is 5.75 Å². The highest BCUT2D eigenvalue weighted by molar-refractivity contribution is 7.18. The number of methoxy groups -OCH3 is 1. The maximum absolute atomic E-state index is 13.4. The topological polar surface area (TPSA) is 163 Å². The molecule has 4 heterocycles. The fraction of sp³-hybridized carbons (Fsp3) is 0.410. The number of carbonyl (C=O) groups excluding carboxylic acids is 5. The third-order valence-corrected chi connectivity index (χ3v) is 11.6. The Bertz CT molecular complexity index is 2090. The molecule has 53 heavy (non-hydrogen) atoms. The highest BCUT2D eigenvalue weighted by atomic mass is 32.1. The van der Waals surface area contributed by atoms with Gasteiger partial charge in [-0.3, -0.25) is 39.2 Å². The average molecular weight is 738 g/mol. The number of aryl methyl sites for hydroxylation is 1. The summed E-state index contributed by atoms with van der Waals surface area (Å²) in [7, 11) is 3.73. The SMILES string of the molecule is COc1cc2nc([C@H]3CC[C@H](CN(C)CCCNc4cccc5c4C(=O)N(C4CCC(=O)NC4=O)C5=O)CC3)sc2cc1NC(=O)c1cncc(C)c1. The number of piperidine rings is 1. The Balaban J connectivity index is 0.883. The number of benzene rings is 2. The van der Waals surface area contributed by atoms with E-state index in [4.69, 9.17) is 9.72 Å². The minimum Gasteiger partial charge on any atom is -0.494 e. The lowest BCUT2D eigenvalue weighted by Crippen LogP contribution is -2.54. The third kappa shape index (κ3) is 7.65. The van der Waals surface area contributed by atoms with E-state index in [0.29, 0.717) is 41.1 Å². The van der Waals surface area contributed by atoms with Crippen molar-refractivity contribution in [3.8, 4) is 5.75 Å². The maximum Gasteiger partial charge on any atom is 0.264 e. The van der Waals surface area contributed by atoms with E-state index in [0.717, 1.165) is 70.9 Å². The molecular formula is C39H43N7O6S. The highest BCUT2D eigenvalue weighted by Crippen LogP contribution is 2.41. The molecule has 2 aromatic heterocycles. The molecule has 1 aliphatic carbocycles. The number of fused-ring (bicyclic) bond motifs is 2. The van der Waals surface area contributed by atoms with Crippen molar-refractivity contribution in [2.24, 2.45) is 5.92 Å². The Hall–Kier alpha value is -5.21. The normalized spacial score (nSPS) is 20.2. The second-order valence-corrected chi connectivity index (χ2v) is 15.3. The van der Waals surface area contributed by atoms with E-state index in [2.05, 4.69) is 32.9 Å². The molecule has 1 unspecified atom stereocenters. The van der Waals surface area contributed by atoms with Gasteiger partial charge in [0, 0.05) is 49.6 Å². The van der Waals surface area contributed by atoms with Crippen LogP contribution < -0.4 is 20.7 Å². The molecule has 13 nitrogen and oxygen atoms in total. The summed E-state index contributed by atoms with van der Waals surface area (Å²) in [5.74, 6) is -0.710. The number of carbonyl (C=O) groups is 5. The van der Waals surface area contributed by atoms with Crippen molar-refractivity contribution in [2.45, 2.75) is 63.8 Å². The van der Waals surface area contributed by atoms with Crippen molar-refractivity contribution in [1.82, 2.24) is 25.1 Å². The number of rotatable bonds is 12. The summed E-state index contributed by atoms with van der Waals surface area (Å²) in [5.41, 5.74) is 4.01. The number of pyridine rings is 1. The first-order chi connectivity index (χ1) is 25.6. The molecule has 2 aliphatic heterocycles. The van der Waals surface area contributed by atoms with Crippen LogP contribution >= 0.6 is 11.3 Å². The van der Waals surface area contributed by atoms with Crippen LogP contribution in [0.2, 0.25) is 0 Å². The van der Waals surface area contributed by atoms with Crippen LogP contribution in [0.25, 0.3) is 10.2 Å². The van der Waals surface area contributed by atoms with Gasteiger partial charge in [0.15, 0.2) is 0 Å². The zero-order valence-corrected chi connectivity index (χ0v) is 30.9. The van der Waals surface area contributed by atoms with Gasteiger partial charge < -0.3 is 20.3 Å². The van der Waals surface area contributed by atoms with Gasteiger partial charge >= 0.3 is 0 Å². The van der Waals surface area contributed by atoms with Crippen molar-refractivity contribution < 1.29 is 28.7 Å². The molecule has 1 saturated carbocycles. The van der Waals surface area contributed by atoms with Crippen LogP contribution in [0.1, 0.15) is 92.5 Å². The fourth-order valence-electron chi connectivity index (χ4n) is 7.65. The Kier molecular flexibility index (Phi) is 10.5. The Labute approximate surface area is 311 Å². The van der Waals surface area contributed by atoms with Crippen molar-refractivity contribution in [1.29, 1.82) is 0 Å². The zero-order chi connectivity index (χ0) is 37.2. The zero-order valence-electron chi connectivity index (χ0n) is 30.1. The number of amides is 5. The summed E-state index contributed by atoms with van der Waals surface area (Å²) in [4.78, 5) is 75.9. The largest absolute Gasteiger partial charge is 0.494 e. The number of hydrogen-bond acceptors (Lipinski definition) is 11. The number of aromatic nitrogens is 2. The molecule has 7 rings (SSSR count). The maximum atomic E-state index is 13.4. The van der Waals surface area contributed by atoms with Gasteiger partial charge in [-0.1, -0.05) is 6.07 Å². The first kappa shape index (κ1) is 36.2. The van der Waals surface area contributed by atoms with Crippen LogP contribution in [-0.2, 0) is 9.59 Å². The monoisotopic (exact) mass is 737 g/mol. The van der Waals surface area contributed by atoms with Gasteiger partial charge in [-0.2, -0.15) is 0 Å². The molecule has 1 atom stereocenters. The molecule has 14 heteroatoms. The predicted molar refractivity (Wildman–Crippen MR) is 202 cm³/mol. The first-order valence-electron chi connectivity index (χ1n) is 18.1. The number of nitrogens with zero attached hydrogens (tertiary/aromatic N) is 4.